The van der Waals surface area contributed by atoms with E-state index in [0.717, 1.165) is 11.3 Å². The first kappa shape index (κ1) is 11.6. The van der Waals surface area contributed by atoms with Crippen LogP contribution < -0.4 is 4.74 Å². The van der Waals surface area contributed by atoms with Crippen molar-refractivity contribution in [1.82, 2.24) is 0 Å². The third kappa shape index (κ3) is 1.89. The third-order valence-electron chi connectivity index (χ3n) is 2.90. The second-order valence-electron chi connectivity index (χ2n) is 3.75. The van der Waals surface area contributed by atoms with Gasteiger partial charge in [-0.15, -0.1) is 0 Å². The molecule has 0 aliphatic heterocycles. The number of allylic oxidation sites excluding steroid dienone is 2. The van der Waals surface area contributed by atoms with Gasteiger partial charge in [0.2, 0.25) is 0 Å². The van der Waals surface area contributed by atoms with Gasteiger partial charge in [0.05, 0.1) is 7.11 Å². The molecule has 0 heterocycles. The zero-order valence-corrected chi connectivity index (χ0v) is 9.84. The van der Waals surface area contributed by atoms with Gasteiger partial charge in [-0.2, -0.15) is 0 Å². The van der Waals surface area contributed by atoms with E-state index < -0.39 is 5.60 Å². The molecule has 1 atom stereocenters. The van der Waals surface area contributed by atoms with E-state index in [0.29, 0.717) is 0 Å². The zero-order valence-electron chi connectivity index (χ0n) is 9.84. The van der Waals surface area contributed by atoms with Crippen LogP contribution in [-0.2, 0) is 15.1 Å². The fourth-order valence-electron chi connectivity index (χ4n) is 1.90. The van der Waals surface area contributed by atoms with E-state index in [9.17, 15) is 4.79 Å². The molecule has 0 saturated carbocycles. The number of hydrogen-bond acceptors (Lipinski definition) is 3. The Kier molecular flexibility index (Phi) is 3.11. The van der Waals surface area contributed by atoms with E-state index in [2.05, 4.69) is 0 Å². The van der Waals surface area contributed by atoms with Crippen molar-refractivity contribution in [2.75, 3.05) is 14.2 Å². The molecule has 0 spiro atoms. The molecule has 17 heavy (non-hydrogen) atoms. The van der Waals surface area contributed by atoms with Crippen molar-refractivity contribution in [3.8, 4) is 5.75 Å². The van der Waals surface area contributed by atoms with Gasteiger partial charge >= 0.3 is 0 Å². The Morgan fingerprint density at radius 1 is 1.06 bits per heavy atom. The number of carbonyl (C=O) groups is 1. The quantitative estimate of drug-likeness (QED) is 0.798. The standard InChI is InChI=1S/C14H14O3/c1-16-12-8-6-11(7-9-12)14(17-2)10-4-3-5-13(14)15/h3-10H,1-2H3. The molecular formula is C14H14O3. The Balaban J connectivity index is 2.44. The van der Waals surface area contributed by atoms with Crippen LogP contribution in [0.2, 0.25) is 0 Å². The van der Waals surface area contributed by atoms with Crippen molar-refractivity contribution in [1.29, 1.82) is 0 Å². The highest BCUT2D eigenvalue weighted by molar-refractivity contribution is 6.00. The molecule has 0 radical (unpaired) electrons. The SMILES string of the molecule is COc1ccc(C2(OC)C=CC=CC2=O)cc1. The molecule has 0 amide bonds. The van der Waals surface area contributed by atoms with Gasteiger partial charge < -0.3 is 9.47 Å². The maximum Gasteiger partial charge on any atom is 0.196 e. The topological polar surface area (TPSA) is 35.5 Å². The lowest BCUT2D eigenvalue weighted by molar-refractivity contribution is -0.131. The minimum atomic E-state index is -0.999. The smallest absolute Gasteiger partial charge is 0.196 e. The Bertz CT molecular complexity index is 471. The number of benzene rings is 1. The number of carbonyl (C=O) groups excluding carboxylic acids is 1. The summed E-state index contributed by atoms with van der Waals surface area (Å²) in [4.78, 5) is 12.0. The van der Waals surface area contributed by atoms with Gasteiger partial charge in [-0.3, -0.25) is 4.79 Å². The molecule has 3 nitrogen and oxygen atoms in total. The summed E-state index contributed by atoms with van der Waals surface area (Å²) in [7, 11) is 3.14. The summed E-state index contributed by atoms with van der Waals surface area (Å²) in [5.41, 5.74) is -0.201. The maximum atomic E-state index is 12.0. The van der Waals surface area contributed by atoms with E-state index in [-0.39, 0.29) is 5.78 Å². The van der Waals surface area contributed by atoms with Crippen LogP contribution in [0.5, 0.6) is 5.75 Å². The summed E-state index contributed by atoms with van der Waals surface area (Å²) in [6.07, 6.45) is 6.81. The third-order valence-corrected chi connectivity index (χ3v) is 2.90. The van der Waals surface area contributed by atoms with Gasteiger partial charge in [-0.25, -0.2) is 0 Å². The molecule has 88 valence electrons. The molecule has 0 fully saturated rings. The van der Waals surface area contributed by atoms with Crippen molar-refractivity contribution in [2.45, 2.75) is 5.60 Å². The molecule has 2 rings (SSSR count). The molecule has 0 saturated heterocycles. The molecule has 1 aliphatic carbocycles. The molecule has 0 N–H and O–H groups in total. The lowest BCUT2D eigenvalue weighted by Gasteiger charge is -2.28. The predicted octanol–water partition coefficient (Wildman–Crippen LogP) is 2.23. The molecule has 1 aromatic carbocycles. The summed E-state index contributed by atoms with van der Waals surface area (Å²) in [5.74, 6) is 0.676. The zero-order chi connectivity index (χ0) is 12.3. The average molecular weight is 230 g/mol. The van der Waals surface area contributed by atoms with Gasteiger partial charge in [0, 0.05) is 7.11 Å². The van der Waals surface area contributed by atoms with Crippen LogP contribution in [0.1, 0.15) is 5.56 Å². The van der Waals surface area contributed by atoms with Crippen LogP contribution in [-0.4, -0.2) is 20.0 Å². The Morgan fingerprint density at radius 3 is 2.29 bits per heavy atom. The number of ketones is 1. The van der Waals surface area contributed by atoms with Crippen molar-refractivity contribution in [3.05, 3.63) is 54.1 Å². The van der Waals surface area contributed by atoms with Crippen LogP contribution in [0.3, 0.4) is 0 Å². The Hall–Kier alpha value is -1.87. The molecular weight excluding hydrogens is 216 g/mol. The highest BCUT2D eigenvalue weighted by Crippen LogP contribution is 2.31. The van der Waals surface area contributed by atoms with E-state index in [4.69, 9.17) is 9.47 Å². The first-order valence-corrected chi connectivity index (χ1v) is 5.33. The van der Waals surface area contributed by atoms with Crippen molar-refractivity contribution >= 4 is 5.78 Å². The average Bonchev–Trinajstić information content (AvgIpc) is 2.40. The lowest BCUT2D eigenvalue weighted by Crippen LogP contribution is -2.35. The first-order chi connectivity index (χ1) is 8.23. The fourth-order valence-corrected chi connectivity index (χ4v) is 1.90. The number of hydrogen-bond donors (Lipinski definition) is 0. The number of methoxy groups -OCH3 is 2. The normalized spacial score (nSPS) is 22.8. The van der Waals surface area contributed by atoms with Crippen LogP contribution in [0.4, 0.5) is 0 Å². The summed E-state index contributed by atoms with van der Waals surface area (Å²) >= 11 is 0. The predicted molar refractivity (Wildman–Crippen MR) is 65.0 cm³/mol. The molecule has 0 bridgehead atoms. The highest BCUT2D eigenvalue weighted by Gasteiger charge is 2.37. The van der Waals surface area contributed by atoms with Gasteiger partial charge in [-0.1, -0.05) is 24.3 Å². The molecule has 0 aromatic heterocycles. The van der Waals surface area contributed by atoms with Crippen molar-refractivity contribution in [3.63, 3.8) is 0 Å². The monoisotopic (exact) mass is 230 g/mol. The van der Waals surface area contributed by atoms with Gasteiger partial charge in [0.1, 0.15) is 5.75 Å². The molecule has 3 heteroatoms. The van der Waals surface area contributed by atoms with Gasteiger partial charge in [-0.05, 0) is 29.8 Å². The second-order valence-corrected chi connectivity index (χ2v) is 3.75. The van der Waals surface area contributed by atoms with Crippen LogP contribution >= 0.6 is 0 Å². The van der Waals surface area contributed by atoms with E-state index in [1.54, 1.807) is 19.3 Å². The van der Waals surface area contributed by atoms with Gasteiger partial charge in [0.15, 0.2) is 11.4 Å². The van der Waals surface area contributed by atoms with E-state index in [1.807, 2.05) is 30.3 Å². The number of rotatable bonds is 3. The van der Waals surface area contributed by atoms with Crippen LogP contribution in [0.25, 0.3) is 0 Å². The lowest BCUT2D eigenvalue weighted by atomic mass is 9.86. The Labute approximate surface area is 100 Å². The fraction of sp³-hybridized carbons (Fsp3) is 0.214. The van der Waals surface area contributed by atoms with Crippen LogP contribution in [0, 0.1) is 0 Å². The minimum Gasteiger partial charge on any atom is -0.497 e. The summed E-state index contributed by atoms with van der Waals surface area (Å²) < 4.78 is 10.5. The molecule has 1 aliphatic rings. The van der Waals surface area contributed by atoms with Crippen molar-refractivity contribution < 1.29 is 14.3 Å². The second kappa shape index (κ2) is 4.55. The first-order valence-electron chi connectivity index (χ1n) is 5.33. The van der Waals surface area contributed by atoms with E-state index >= 15 is 0 Å². The molecule has 1 unspecified atom stereocenters. The van der Waals surface area contributed by atoms with Gasteiger partial charge in [0.25, 0.3) is 0 Å². The largest absolute Gasteiger partial charge is 0.497 e. The molecule has 1 aromatic rings. The highest BCUT2D eigenvalue weighted by atomic mass is 16.5. The Morgan fingerprint density at radius 2 is 1.76 bits per heavy atom. The summed E-state index contributed by atoms with van der Waals surface area (Å²) in [6.45, 7) is 0. The number of ether oxygens (including phenoxy) is 2. The summed E-state index contributed by atoms with van der Waals surface area (Å²) in [6, 6.07) is 7.30. The summed E-state index contributed by atoms with van der Waals surface area (Å²) in [5, 5.41) is 0. The van der Waals surface area contributed by atoms with E-state index in [1.165, 1.54) is 13.2 Å². The minimum absolute atomic E-state index is 0.0762. The van der Waals surface area contributed by atoms with Crippen molar-refractivity contribution in [2.24, 2.45) is 0 Å². The van der Waals surface area contributed by atoms with Crippen LogP contribution in [0.15, 0.2) is 48.6 Å². The maximum absolute atomic E-state index is 12.0.